The predicted molar refractivity (Wildman–Crippen MR) is 96.2 cm³/mol. The summed E-state index contributed by atoms with van der Waals surface area (Å²) in [7, 11) is 0. The van der Waals surface area contributed by atoms with E-state index in [2.05, 4.69) is 36.1 Å². The number of carbonyl (C=O) groups is 1. The molecule has 1 fully saturated rings. The summed E-state index contributed by atoms with van der Waals surface area (Å²) < 4.78 is 1.79. The van der Waals surface area contributed by atoms with Crippen LogP contribution < -0.4 is 5.32 Å². The van der Waals surface area contributed by atoms with Crippen molar-refractivity contribution in [2.75, 3.05) is 18.4 Å². The quantitative estimate of drug-likeness (QED) is 0.937. The number of anilines is 1. The molecule has 3 rings (SSSR count). The van der Waals surface area contributed by atoms with Crippen LogP contribution >= 0.6 is 0 Å². The van der Waals surface area contributed by atoms with Crippen LogP contribution in [-0.2, 0) is 4.79 Å². The number of nitrogens with one attached hydrogen (secondary N) is 1. The van der Waals surface area contributed by atoms with Crippen molar-refractivity contribution >= 4 is 11.6 Å². The summed E-state index contributed by atoms with van der Waals surface area (Å²) >= 11 is 0. The first kappa shape index (κ1) is 16.7. The summed E-state index contributed by atoms with van der Waals surface area (Å²) in [5.74, 6) is 0.0920. The number of aromatic nitrogens is 2. The van der Waals surface area contributed by atoms with Crippen LogP contribution in [0.1, 0.15) is 33.6 Å². The van der Waals surface area contributed by atoms with E-state index in [1.807, 2.05) is 36.5 Å². The van der Waals surface area contributed by atoms with Crippen molar-refractivity contribution in [3.8, 4) is 5.69 Å². The summed E-state index contributed by atoms with van der Waals surface area (Å²) in [6.07, 6.45) is 5.65. The summed E-state index contributed by atoms with van der Waals surface area (Å²) in [5, 5.41) is 7.31. The molecule has 0 bridgehead atoms. The van der Waals surface area contributed by atoms with E-state index in [0.717, 1.165) is 37.3 Å². The molecule has 5 nitrogen and oxygen atoms in total. The third-order valence-electron chi connectivity index (χ3n) is 4.23. The maximum Gasteiger partial charge on any atom is 0.241 e. The molecule has 5 heteroatoms. The average Bonchev–Trinajstić information content (AvgIpc) is 3.17. The third-order valence-corrected chi connectivity index (χ3v) is 4.23. The zero-order valence-corrected chi connectivity index (χ0v) is 14.7. The second-order valence-corrected chi connectivity index (χ2v) is 7.68. The molecule has 1 aromatic carbocycles. The lowest BCUT2D eigenvalue weighted by Gasteiger charge is -2.30. The molecule has 0 spiro atoms. The molecule has 128 valence electrons. The van der Waals surface area contributed by atoms with Gasteiger partial charge in [0, 0.05) is 24.6 Å². The number of amides is 1. The molecule has 1 N–H and O–H groups in total. The number of benzene rings is 1. The maximum absolute atomic E-state index is 12.7. The number of hydrogen-bond acceptors (Lipinski definition) is 3. The maximum atomic E-state index is 12.7. The van der Waals surface area contributed by atoms with Gasteiger partial charge in [0.25, 0.3) is 0 Å². The molecule has 1 aliphatic heterocycles. The highest BCUT2D eigenvalue weighted by Crippen LogP contribution is 2.25. The molecule has 24 heavy (non-hydrogen) atoms. The van der Waals surface area contributed by atoms with Crippen molar-refractivity contribution < 1.29 is 4.79 Å². The lowest BCUT2D eigenvalue weighted by atomic mass is 9.95. The second kappa shape index (κ2) is 6.77. The Morgan fingerprint density at radius 1 is 1.33 bits per heavy atom. The summed E-state index contributed by atoms with van der Waals surface area (Å²) in [4.78, 5) is 15.0. The van der Waals surface area contributed by atoms with Gasteiger partial charge in [0.1, 0.15) is 0 Å². The van der Waals surface area contributed by atoms with Crippen LogP contribution in [0.4, 0.5) is 5.69 Å². The molecule has 0 aliphatic carbocycles. The summed E-state index contributed by atoms with van der Waals surface area (Å²) in [6, 6.07) is 9.64. The highest BCUT2D eigenvalue weighted by atomic mass is 16.2. The Morgan fingerprint density at radius 2 is 2.17 bits per heavy atom. The molecule has 1 atom stereocenters. The highest BCUT2D eigenvalue weighted by Gasteiger charge is 2.32. The van der Waals surface area contributed by atoms with Crippen molar-refractivity contribution in [2.24, 2.45) is 5.41 Å². The molecular formula is C19H26N4O. The van der Waals surface area contributed by atoms with E-state index >= 15 is 0 Å². The van der Waals surface area contributed by atoms with Gasteiger partial charge < -0.3 is 5.32 Å². The Hall–Kier alpha value is -2.14. The Kier molecular flexibility index (Phi) is 4.71. The topological polar surface area (TPSA) is 50.2 Å². The molecule has 2 aromatic rings. The van der Waals surface area contributed by atoms with Crippen molar-refractivity contribution in [2.45, 2.75) is 39.7 Å². The molecule has 1 unspecified atom stereocenters. The predicted octanol–water partition coefficient (Wildman–Crippen LogP) is 3.32. The fourth-order valence-electron chi connectivity index (χ4n) is 3.29. The van der Waals surface area contributed by atoms with Gasteiger partial charge in [0.15, 0.2) is 0 Å². The number of rotatable bonds is 4. The van der Waals surface area contributed by atoms with Gasteiger partial charge in [0.2, 0.25) is 5.91 Å². The first-order valence-corrected chi connectivity index (χ1v) is 8.57. The first-order chi connectivity index (χ1) is 11.4. The second-order valence-electron chi connectivity index (χ2n) is 7.68. The van der Waals surface area contributed by atoms with Crippen molar-refractivity contribution in [1.82, 2.24) is 14.7 Å². The van der Waals surface area contributed by atoms with E-state index in [1.165, 1.54) is 0 Å². The Bertz CT molecular complexity index is 688. The molecule has 0 radical (unpaired) electrons. The van der Waals surface area contributed by atoms with Gasteiger partial charge >= 0.3 is 0 Å². The van der Waals surface area contributed by atoms with Crippen LogP contribution in [0.5, 0.6) is 0 Å². The van der Waals surface area contributed by atoms with Gasteiger partial charge in [-0.05, 0) is 49.1 Å². The van der Waals surface area contributed by atoms with E-state index in [1.54, 1.807) is 10.9 Å². The SMILES string of the molecule is CC(C)(C)CN1CCCC1C(=O)Nc1cccc(-n2cccn2)c1. The van der Waals surface area contributed by atoms with E-state index in [-0.39, 0.29) is 17.4 Å². The standard InChI is InChI=1S/C19H26N4O/c1-19(2,3)14-22-11-5-9-17(22)18(24)21-15-7-4-8-16(13-15)23-12-6-10-20-23/h4,6-8,10,12-13,17H,5,9,11,14H2,1-3H3,(H,21,24). The Morgan fingerprint density at radius 3 is 2.88 bits per heavy atom. The Labute approximate surface area is 143 Å². The van der Waals surface area contributed by atoms with Crippen LogP contribution in [-0.4, -0.2) is 39.7 Å². The van der Waals surface area contributed by atoms with Gasteiger partial charge in [-0.15, -0.1) is 0 Å². The van der Waals surface area contributed by atoms with Gasteiger partial charge in [-0.25, -0.2) is 4.68 Å². The minimum absolute atomic E-state index is 0.0300. The van der Waals surface area contributed by atoms with E-state index < -0.39 is 0 Å². The minimum atomic E-state index is -0.0300. The van der Waals surface area contributed by atoms with Gasteiger partial charge in [-0.1, -0.05) is 26.8 Å². The monoisotopic (exact) mass is 326 g/mol. The van der Waals surface area contributed by atoms with E-state index in [9.17, 15) is 4.79 Å². The lowest BCUT2D eigenvalue weighted by molar-refractivity contribution is -0.120. The summed E-state index contributed by atoms with van der Waals surface area (Å²) in [5.41, 5.74) is 1.95. The number of likely N-dealkylation sites (tertiary alicyclic amines) is 1. The number of nitrogens with zero attached hydrogens (tertiary/aromatic N) is 3. The van der Waals surface area contributed by atoms with Crippen molar-refractivity contribution in [3.05, 3.63) is 42.7 Å². The molecule has 2 heterocycles. The van der Waals surface area contributed by atoms with Crippen LogP contribution in [0.3, 0.4) is 0 Å². The molecule has 1 aromatic heterocycles. The van der Waals surface area contributed by atoms with Crippen molar-refractivity contribution in [3.63, 3.8) is 0 Å². The number of carbonyl (C=O) groups excluding carboxylic acids is 1. The first-order valence-electron chi connectivity index (χ1n) is 8.57. The fraction of sp³-hybridized carbons (Fsp3) is 0.474. The molecular weight excluding hydrogens is 300 g/mol. The number of hydrogen-bond donors (Lipinski definition) is 1. The minimum Gasteiger partial charge on any atom is -0.325 e. The van der Waals surface area contributed by atoms with Crippen LogP contribution in [0.15, 0.2) is 42.7 Å². The van der Waals surface area contributed by atoms with Crippen LogP contribution in [0.2, 0.25) is 0 Å². The molecule has 0 saturated carbocycles. The van der Waals surface area contributed by atoms with E-state index in [0.29, 0.717) is 0 Å². The Balaban J connectivity index is 1.69. The molecule has 1 amide bonds. The summed E-state index contributed by atoms with van der Waals surface area (Å²) in [6.45, 7) is 8.59. The fourth-order valence-corrected chi connectivity index (χ4v) is 3.29. The zero-order valence-electron chi connectivity index (χ0n) is 14.7. The van der Waals surface area contributed by atoms with Gasteiger partial charge in [-0.2, -0.15) is 5.10 Å². The smallest absolute Gasteiger partial charge is 0.241 e. The van der Waals surface area contributed by atoms with Crippen molar-refractivity contribution in [1.29, 1.82) is 0 Å². The van der Waals surface area contributed by atoms with Gasteiger partial charge in [0.05, 0.1) is 11.7 Å². The van der Waals surface area contributed by atoms with Crippen LogP contribution in [0, 0.1) is 5.41 Å². The normalized spacial score (nSPS) is 18.7. The third kappa shape index (κ3) is 4.03. The zero-order chi connectivity index (χ0) is 17.2. The average molecular weight is 326 g/mol. The molecule has 1 saturated heterocycles. The van der Waals surface area contributed by atoms with E-state index in [4.69, 9.17) is 0 Å². The lowest BCUT2D eigenvalue weighted by Crippen LogP contribution is -2.43. The highest BCUT2D eigenvalue weighted by molar-refractivity contribution is 5.95. The molecule has 1 aliphatic rings. The van der Waals surface area contributed by atoms with Crippen LogP contribution in [0.25, 0.3) is 5.69 Å². The van der Waals surface area contributed by atoms with Gasteiger partial charge in [-0.3, -0.25) is 9.69 Å². The largest absolute Gasteiger partial charge is 0.325 e.